The zero-order valence-corrected chi connectivity index (χ0v) is 17.8. The number of anilines is 1. The highest BCUT2D eigenvalue weighted by Gasteiger charge is 2.33. The molecule has 1 fully saturated rings. The van der Waals surface area contributed by atoms with Crippen LogP contribution in [0.25, 0.3) is 22.3 Å². The molecule has 0 saturated carbocycles. The van der Waals surface area contributed by atoms with Crippen molar-refractivity contribution in [3.8, 4) is 23.4 Å². The van der Waals surface area contributed by atoms with Gasteiger partial charge in [0.25, 0.3) is 6.43 Å². The molecule has 1 aliphatic rings. The maximum Gasteiger partial charge on any atom is 0.281 e. The second-order valence-electron chi connectivity index (χ2n) is 7.98. The molecule has 170 valence electrons. The fraction of sp³-hybridized carbons (Fsp3) is 0.318. The number of nitriles is 2. The van der Waals surface area contributed by atoms with Crippen molar-refractivity contribution < 1.29 is 8.78 Å². The predicted molar refractivity (Wildman–Crippen MR) is 116 cm³/mol. The van der Waals surface area contributed by atoms with Gasteiger partial charge in [-0.2, -0.15) is 15.6 Å². The molecule has 0 aliphatic carbocycles. The zero-order valence-electron chi connectivity index (χ0n) is 17.8. The number of rotatable bonds is 6. The van der Waals surface area contributed by atoms with Gasteiger partial charge in [-0.15, -0.1) is 0 Å². The Kier molecular flexibility index (Phi) is 5.55. The Morgan fingerprint density at radius 3 is 2.88 bits per heavy atom. The molecular formula is C22H18F2N10. The minimum atomic E-state index is -2.86. The van der Waals surface area contributed by atoms with E-state index >= 15 is 0 Å². The van der Waals surface area contributed by atoms with E-state index in [1.54, 1.807) is 28.0 Å². The van der Waals surface area contributed by atoms with E-state index in [0.717, 1.165) is 28.5 Å². The van der Waals surface area contributed by atoms with E-state index in [0.29, 0.717) is 19.5 Å². The molecule has 1 saturated heterocycles. The average molecular weight is 460 g/mol. The third-order valence-electron chi connectivity index (χ3n) is 6.05. The van der Waals surface area contributed by atoms with Crippen LogP contribution in [0.2, 0.25) is 0 Å². The van der Waals surface area contributed by atoms with E-state index in [-0.39, 0.29) is 29.9 Å². The number of hydrogen-bond acceptors (Lipinski definition) is 8. The third kappa shape index (κ3) is 3.79. The number of aromatic amines is 1. The molecule has 2 unspecified atom stereocenters. The first-order valence-electron chi connectivity index (χ1n) is 10.6. The van der Waals surface area contributed by atoms with E-state index in [9.17, 15) is 14.0 Å². The fourth-order valence-electron chi connectivity index (χ4n) is 4.39. The molecule has 1 aliphatic heterocycles. The number of aromatic nitrogens is 7. The quantitative estimate of drug-likeness (QED) is 0.462. The molecule has 10 nitrogen and oxygen atoms in total. The Morgan fingerprint density at radius 2 is 2.09 bits per heavy atom. The van der Waals surface area contributed by atoms with Gasteiger partial charge < -0.3 is 9.88 Å². The summed E-state index contributed by atoms with van der Waals surface area (Å²) in [5.41, 5.74) is 1.47. The van der Waals surface area contributed by atoms with Crippen LogP contribution in [0, 0.1) is 28.6 Å². The molecule has 0 aromatic carbocycles. The van der Waals surface area contributed by atoms with Crippen molar-refractivity contribution in [2.24, 2.45) is 5.92 Å². The van der Waals surface area contributed by atoms with Gasteiger partial charge in [0.1, 0.15) is 23.7 Å². The van der Waals surface area contributed by atoms with Crippen molar-refractivity contribution in [3.63, 3.8) is 0 Å². The molecule has 34 heavy (non-hydrogen) atoms. The molecule has 0 bridgehead atoms. The van der Waals surface area contributed by atoms with Gasteiger partial charge in [0.15, 0.2) is 0 Å². The number of alkyl halides is 2. The van der Waals surface area contributed by atoms with Crippen LogP contribution in [0.4, 0.5) is 14.7 Å². The molecule has 5 heterocycles. The lowest BCUT2D eigenvalue weighted by atomic mass is 9.96. The summed E-state index contributed by atoms with van der Waals surface area (Å²) in [6.07, 6.45) is 6.08. The zero-order chi connectivity index (χ0) is 23.7. The summed E-state index contributed by atoms with van der Waals surface area (Å²) in [6, 6.07) is 5.61. The number of H-pyrrole nitrogens is 1. The summed E-state index contributed by atoms with van der Waals surface area (Å²) in [7, 11) is 0. The van der Waals surface area contributed by atoms with Crippen LogP contribution in [0.3, 0.4) is 0 Å². The normalized spacial score (nSPS) is 16.6. The molecule has 1 N–H and O–H groups in total. The highest BCUT2D eigenvalue weighted by molar-refractivity contribution is 5.89. The Bertz CT molecular complexity index is 1410. The fourth-order valence-corrected chi connectivity index (χ4v) is 4.39. The lowest BCUT2D eigenvalue weighted by Gasteiger charge is -2.22. The first-order valence-corrected chi connectivity index (χ1v) is 10.6. The minimum Gasteiger partial charge on any atom is -0.346 e. The number of nitrogens with zero attached hydrogens (tertiary/aromatic N) is 9. The molecule has 12 heteroatoms. The van der Waals surface area contributed by atoms with Crippen molar-refractivity contribution in [2.75, 3.05) is 18.0 Å². The predicted octanol–water partition coefficient (Wildman–Crippen LogP) is 3.40. The first kappa shape index (κ1) is 21.4. The molecule has 4 aromatic heterocycles. The van der Waals surface area contributed by atoms with Gasteiger partial charge in [-0.05, 0) is 12.5 Å². The van der Waals surface area contributed by atoms with Gasteiger partial charge in [0, 0.05) is 42.4 Å². The number of nitrogens with one attached hydrogen (secondary N) is 1. The SMILES string of the molecule is N#CCC(C1CCN(c2ncc(C#N)c(C(F)F)n2)C1)n1cc(-c2ncnc3[nH]ccc23)cn1. The molecule has 0 spiro atoms. The summed E-state index contributed by atoms with van der Waals surface area (Å²) in [4.78, 5) is 21.5. The van der Waals surface area contributed by atoms with Crippen LogP contribution in [0.15, 0.2) is 37.2 Å². The van der Waals surface area contributed by atoms with E-state index in [1.165, 1.54) is 6.33 Å². The Balaban J connectivity index is 1.39. The largest absolute Gasteiger partial charge is 0.346 e. The number of hydrogen-bond donors (Lipinski definition) is 1. The second-order valence-corrected chi connectivity index (χ2v) is 7.98. The van der Waals surface area contributed by atoms with E-state index in [1.807, 2.05) is 12.3 Å². The van der Waals surface area contributed by atoms with Gasteiger partial charge in [-0.1, -0.05) is 0 Å². The summed E-state index contributed by atoms with van der Waals surface area (Å²) in [5.74, 6) is 0.184. The number of fused-ring (bicyclic) bond motifs is 1. The summed E-state index contributed by atoms with van der Waals surface area (Å²) < 4.78 is 28.4. The van der Waals surface area contributed by atoms with Crippen LogP contribution in [0.1, 0.15) is 36.6 Å². The van der Waals surface area contributed by atoms with E-state index < -0.39 is 12.1 Å². The van der Waals surface area contributed by atoms with Crippen LogP contribution < -0.4 is 4.90 Å². The topological polar surface area (TPSA) is 136 Å². The van der Waals surface area contributed by atoms with Gasteiger partial charge in [-0.25, -0.2) is 28.7 Å². The molecule has 0 amide bonds. The van der Waals surface area contributed by atoms with Gasteiger partial charge in [-0.3, -0.25) is 4.68 Å². The average Bonchev–Trinajstić information content (AvgIpc) is 3.62. The molecule has 5 rings (SSSR count). The first-order chi connectivity index (χ1) is 16.6. The lowest BCUT2D eigenvalue weighted by Crippen LogP contribution is -2.26. The highest BCUT2D eigenvalue weighted by atomic mass is 19.3. The lowest BCUT2D eigenvalue weighted by molar-refractivity contribution is 0.145. The molecule has 4 aromatic rings. The monoisotopic (exact) mass is 460 g/mol. The summed E-state index contributed by atoms with van der Waals surface area (Å²) in [6.45, 7) is 1.02. The molecule has 0 radical (unpaired) electrons. The van der Waals surface area contributed by atoms with Crippen molar-refractivity contribution in [2.45, 2.75) is 25.3 Å². The second kappa shape index (κ2) is 8.83. The van der Waals surface area contributed by atoms with Crippen LogP contribution in [-0.4, -0.2) is 47.8 Å². The van der Waals surface area contributed by atoms with E-state index in [2.05, 4.69) is 36.1 Å². The summed E-state index contributed by atoms with van der Waals surface area (Å²) >= 11 is 0. The van der Waals surface area contributed by atoms with Crippen molar-refractivity contribution in [1.82, 2.24) is 34.7 Å². The Labute approximate surface area is 192 Å². The molecule has 2 atom stereocenters. The maximum atomic E-state index is 13.3. The van der Waals surface area contributed by atoms with Crippen LogP contribution in [-0.2, 0) is 0 Å². The summed E-state index contributed by atoms with van der Waals surface area (Å²) in [5, 5.41) is 23.9. The van der Waals surface area contributed by atoms with Gasteiger partial charge in [0.2, 0.25) is 5.95 Å². The van der Waals surface area contributed by atoms with E-state index in [4.69, 9.17) is 5.26 Å². The van der Waals surface area contributed by atoms with Gasteiger partial charge in [0.05, 0.1) is 42.2 Å². The van der Waals surface area contributed by atoms with Crippen molar-refractivity contribution in [3.05, 3.63) is 48.4 Å². The van der Waals surface area contributed by atoms with Crippen LogP contribution >= 0.6 is 0 Å². The third-order valence-corrected chi connectivity index (χ3v) is 6.05. The standard InChI is InChI=1S/C22H18F2N10/c23-20(24)19-14(7-26)8-28-22(32-19)33-6-3-13(10-33)17(1-4-25)34-11-15(9-31-34)18-16-2-5-27-21(16)30-12-29-18/h2,5,8-9,11-13,17,20H,1,3,6,10H2,(H,27,29,30). The minimum absolute atomic E-state index is 0.0271. The maximum absolute atomic E-state index is 13.3. The number of halogens is 2. The molecular weight excluding hydrogens is 442 g/mol. The van der Waals surface area contributed by atoms with Crippen molar-refractivity contribution in [1.29, 1.82) is 10.5 Å². The Hall–Kier alpha value is -4.45. The van der Waals surface area contributed by atoms with Crippen LogP contribution in [0.5, 0.6) is 0 Å². The smallest absolute Gasteiger partial charge is 0.281 e. The Morgan fingerprint density at radius 1 is 1.21 bits per heavy atom. The highest BCUT2D eigenvalue weighted by Crippen LogP contribution is 2.34. The van der Waals surface area contributed by atoms with Crippen molar-refractivity contribution >= 4 is 17.0 Å². The van der Waals surface area contributed by atoms with Gasteiger partial charge >= 0.3 is 0 Å².